The van der Waals surface area contributed by atoms with E-state index in [0.29, 0.717) is 6.42 Å². The first-order chi connectivity index (χ1) is 7.66. The van der Waals surface area contributed by atoms with Crippen LogP contribution in [0.4, 0.5) is 0 Å². The lowest BCUT2D eigenvalue weighted by Crippen LogP contribution is -1.92. The molecule has 0 spiro atoms. The molecule has 0 atom stereocenters. The molecule has 0 radical (unpaired) electrons. The Hall–Kier alpha value is -1.48. The first kappa shape index (κ1) is 11.0. The molecule has 0 amide bonds. The van der Waals surface area contributed by atoms with Gasteiger partial charge in [0, 0.05) is 17.5 Å². The third-order valence-corrected chi connectivity index (χ3v) is 2.58. The van der Waals surface area contributed by atoms with Gasteiger partial charge in [-0.05, 0) is 13.0 Å². The molecule has 3 heteroatoms. The van der Waals surface area contributed by atoms with Gasteiger partial charge in [-0.1, -0.05) is 30.3 Å². The topological polar surface area (TPSA) is 30.2 Å². The zero-order valence-corrected chi connectivity index (χ0v) is 9.83. The fourth-order valence-electron chi connectivity index (χ4n) is 1.60. The summed E-state index contributed by atoms with van der Waals surface area (Å²) in [6.45, 7) is 1.86. The number of hydrogen-bond donors (Lipinski definition) is 1. The summed E-state index contributed by atoms with van der Waals surface area (Å²) < 4.78 is 5.62. The second-order valence-corrected chi connectivity index (χ2v) is 4.13. The quantitative estimate of drug-likeness (QED) is 0.823. The van der Waals surface area contributed by atoms with Crippen LogP contribution in [0.1, 0.15) is 11.3 Å². The summed E-state index contributed by atoms with van der Waals surface area (Å²) in [7, 11) is 0. The highest BCUT2D eigenvalue weighted by atomic mass is 32.1. The van der Waals surface area contributed by atoms with Crippen molar-refractivity contribution in [1.29, 1.82) is 0 Å². The molecule has 16 heavy (non-hydrogen) atoms. The maximum atomic E-state index is 10.9. The van der Waals surface area contributed by atoms with Gasteiger partial charge >= 0.3 is 0 Å². The van der Waals surface area contributed by atoms with Crippen LogP contribution in [0.5, 0.6) is 0 Å². The van der Waals surface area contributed by atoms with E-state index in [4.69, 9.17) is 4.42 Å². The van der Waals surface area contributed by atoms with E-state index in [9.17, 15) is 4.79 Å². The Kier molecular flexibility index (Phi) is 3.15. The van der Waals surface area contributed by atoms with Crippen LogP contribution < -0.4 is 0 Å². The highest BCUT2D eigenvalue weighted by molar-refractivity contribution is 7.96. The monoisotopic (exact) mass is 232 g/mol. The second-order valence-electron chi connectivity index (χ2n) is 3.63. The molecule has 1 aromatic carbocycles. The summed E-state index contributed by atoms with van der Waals surface area (Å²) >= 11 is 3.77. The molecule has 1 heterocycles. The lowest BCUT2D eigenvalue weighted by atomic mass is 10.1. The molecule has 0 aliphatic rings. The number of furan rings is 1. The largest absolute Gasteiger partial charge is 0.461 e. The number of carbonyl (C=O) groups excluding carboxylic acids is 1. The normalized spacial score (nSPS) is 10.4. The predicted octanol–water partition coefficient (Wildman–Crippen LogP) is 3.25. The summed E-state index contributed by atoms with van der Waals surface area (Å²) in [5.74, 6) is 1.57. The van der Waals surface area contributed by atoms with E-state index >= 15 is 0 Å². The molecule has 82 valence electrons. The van der Waals surface area contributed by atoms with Gasteiger partial charge in [0.15, 0.2) is 5.12 Å². The molecular weight excluding hydrogens is 220 g/mol. The van der Waals surface area contributed by atoms with Crippen molar-refractivity contribution in [2.24, 2.45) is 0 Å². The van der Waals surface area contributed by atoms with Gasteiger partial charge in [-0.3, -0.25) is 4.79 Å². The smallest absolute Gasteiger partial charge is 0.190 e. The summed E-state index contributed by atoms with van der Waals surface area (Å²) in [6.07, 6.45) is 0.311. The third kappa shape index (κ3) is 2.36. The summed E-state index contributed by atoms with van der Waals surface area (Å²) in [5, 5.41) is -0.150. The van der Waals surface area contributed by atoms with Crippen LogP contribution in [0.25, 0.3) is 11.3 Å². The minimum absolute atomic E-state index is 0.150. The average molecular weight is 232 g/mol. The average Bonchev–Trinajstić information content (AvgIpc) is 2.61. The second kappa shape index (κ2) is 4.58. The van der Waals surface area contributed by atoms with Gasteiger partial charge in [0.05, 0.1) is 0 Å². The minimum Gasteiger partial charge on any atom is -0.461 e. The van der Waals surface area contributed by atoms with Gasteiger partial charge in [-0.2, -0.15) is 0 Å². The molecule has 0 N–H and O–H groups in total. The Bertz CT molecular complexity index is 500. The molecular formula is C13H12O2S. The van der Waals surface area contributed by atoms with Crippen molar-refractivity contribution in [2.45, 2.75) is 13.3 Å². The Labute approximate surface area is 99.7 Å². The number of benzene rings is 1. The number of carbonyl (C=O) groups is 1. The number of hydrogen-bond acceptors (Lipinski definition) is 2. The predicted molar refractivity (Wildman–Crippen MR) is 66.6 cm³/mol. The van der Waals surface area contributed by atoms with Crippen LogP contribution >= 0.6 is 12.6 Å². The van der Waals surface area contributed by atoms with E-state index in [0.717, 1.165) is 22.6 Å². The van der Waals surface area contributed by atoms with Crippen molar-refractivity contribution in [2.75, 3.05) is 0 Å². The van der Waals surface area contributed by atoms with E-state index in [1.54, 1.807) is 0 Å². The molecule has 0 fully saturated rings. The molecule has 2 aromatic rings. The van der Waals surface area contributed by atoms with E-state index < -0.39 is 0 Å². The standard InChI is InChI=1S/C13H12O2S/c1-9-11(8-13(14)16)7-12(15-9)10-5-3-2-4-6-10/h2-7H,8H2,1H3,(H,14,16). The van der Waals surface area contributed by atoms with E-state index in [-0.39, 0.29) is 5.12 Å². The molecule has 0 aliphatic heterocycles. The Morgan fingerprint density at radius 2 is 2.00 bits per heavy atom. The highest BCUT2D eigenvalue weighted by Crippen LogP contribution is 2.25. The maximum Gasteiger partial charge on any atom is 0.190 e. The van der Waals surface area contributed by atoms with Crippen LogP contribution in [0.15, 0.2) is 40.8 Å². The molecule has 0 aliphatic carbocycles. The van der Waals surface area contributed by atoms with Gasteiger partial charge < -0.3 is 4.42 Å². The van der Waals surface area contributed by atoms with Crippen molar-refractivity contribution in [3.63, 3.8) is 0 Å². The zero-order chi connectivity index (χ0) is 11.5. The van der Waals surface area contributed by atoms with Crippen LogP contribution in [-0.4, -0.2) is 5.12 Å². The Morgan fingerprint density at radius 1 is 1.31 bits per heavy atom. The van der Waals surface area contributed by atoms with Gasteiger partial charge in [0.1, 0.15) is 11.5 Å². The van der Waals surface area contributed by atoms with Gasteiger partial charge in [-0.15, -0.1) is 12.6 Å². The molecule has 0 bridgehead atoms. The molecule has 0 saturated carbocycles. The summed E-state index contributed by atoms with van der Waals surface area (Å²) in [6, 6.07) is 11.7. The van der Waals surface area contributed by atoms with Gasteiger partial charge in [0.25, 0.3) is 0 Å². The Morgan fingerprint density at radius 3 is 2.62 bits per heavy atom. The van der Waals surface area contributed by atoms with Crippen molar-refractivity contribution < 1.29 is 9.21 Å². The number of aryl methyl sites for hydroxylation is 1. The lowest BCUT2D eigenvalue weighted by molar-refractivity contribution is -0.110. The zero-order valence-electron chi connectivity index (χ0n) is 8.93. The molecule has 2 rings (SSSR count). The van der Waals surface area contributed by atoms with Crippen molar-refractivity contribution in [3.8, 4) is 11.3 Å². The van der Waals surface area contributed by atoms with Gasteiger partial charge in [-0.25, -0.2) is 0 Å². The van der Waals surface area contributed by atoms with E-state index in [2.05, 4.69) is 12.6 Å². The van der Waals surface area contributed by atoms with Gasteiger partial charge in [0.2, 0.25) is 0 Å². The first-order valence-corrected chi connectivity index (χ1v) is 5.48. The van der Waals surface area contributed by atoms with Crippen molar-refractivity contribution in [1.82, 2.24) is 0 Å². The van der Waals surface area contributed by atoms with Crippen LogP contribution in [0.2, 0.25) is 0 Å². The lowest BCUT2D eigenvalue weighted by Gasteiger charge is -1.93. The fourth-order valence-corrected chi connectivity index (χ4v) is 1.77. The number of thiol groups is 1. The SMILES string of the molecule is Cc1oc(-c2ccccc2)cc1CC(=O)S. The highest BCUT2D eigenvalue weighted by Gasteiger charge is 2.10. The molecule has 1 aromatic heterocycles. The number of rotatable bonds is 3. The van der Waals surface area contributed by atoms with Crippen molar-refractivity contribution >= 4 is 17.7 Å². The summed E-state index contributed by atoms with van der Waals surface area (Å²) in [4.78, 5) is 10.9. The van der Waals surface area contributed by atoms with Crippen LogP contribution in [0.3, 0.4) is 0 Å². The summed E-state index contributed by atoms with van der Waals surface area (Å²) in [5.41, 5.74) is 1.92. The fraction of sp³-hybridized carbons (Fsp3) is 0.154. The van der Waals surface area contributed by atoms with Crippen molar-refractivity contribution in [3.05, 3.63) is 47.7 Å². The third-order valence-electron chi connectivity index (χ3n) is 2.42. The van der Waals surface area contributed by atoms with Crippen LogP contribution in [-0.2, 0) is 11.2 Å². The molecule has 2 nitrogen and oxygen atoms in total. The van der Waals surface area contributed by atoms with E-state index in [1.807, 2.05) is 43.3 Å². The van der Waals surface area contributed by atoms with E-state index in [1.165, 1.54) is 0 Å². The first-order valence-electron chi connectivity index (χ1n) is 5.03. The molecule has 0 unspecified atom stereocenters. The minimum atomic E-state index is -0.150. The maximum absolute atomic E-state index is 10.9. The Balaban J connectivity index is 2.34. The van der Waals surface area contributed by atoms with Crippen LogP contribution in [0, 0.1) is 6.92 Å². The molecule has 0 saturated heterocycles.